The molecule has 0 aromatic heterocycles. The maximum atomic E-state index is 6.26. The summed E-state index contributed by atoms with van der Waals surface area (Å²) in [6, 6.07) is 27.1. The van der Waals surface area contributed by atoms with Crippen LogP contribution in [-0.2, 0) is 21.3 Å². The Bertz CT molecular complexity index is 1490. The fourth-order valence-corrected chi connectivity index (χ4v) is 6.72. The zero-order chi connectivity index (χ0) is 31.1. The molecule has 0 heterocycles. The first kappa shape index (κ1) is 31.0. The quantitative estimate of drug-likeness (QED) is 0.108. The van der Waals surface area contributed by atoms with Crippen molar-refractivity contribution in [3.05, 3.63) is 153 Å². The van der Waals surface area contributed by atoms with E-state index in [0.717, 1.165) is 40.2 Å². The molecule has 0 amide bonds. The fourth-order valence-electron chi connectivity index (χ4n) is 6.72. The van der Waals surface area contributed by atoms with Crippen molar-refractivity contribution in [1.29, 1.82) is 0 Å². The lowest BCUT2D eigenvalue weighted by Crippen LogP contribution is -2.36. The van der Waals surface area contributed by atoms with Crippen molar-refractivity contribution in [1.82, 2.24) is 0 Å². The van der Waals surface area contributed by atoms with Gasteiger partial charge in [0.2, 0.25) is 0 Å². The van der Waals surface area contributed by atoms with Gasteiger partial charge in [-0.05, 0) is 104 Å². The molecule has 4 heteroatoms. The second-order valence-electron chi connectivity index (χ2n) is 11.5. The van der Waals surface area contributed by atoms with Crippen LogP contribution in [0.25, 0.3) is 0 Å². The summed E-state index contributed by atoms with van der Waals surface area (Å²) in [6.07, 6.45) is 8.07. The molecule has 0 spiro atoms. The van der Waals surface area contributed by atoms with Crippen LogP contribution in [0.3, 0.4) is 0 Å². The van der Waals surface area contributed by atoms with Gasteiger partial charge in [0.15, 0.2) is 0 Å². The van der Waals surface area contributed by atoms with Gasteiger partial charge in [0.25, 0.3) is 0 Å². The van der Waals surface area contributed by atoms with E-state index in [9.17, 15) is 0 Å². The van der Waals surface area contributed by atoms with Crippen molar-refractivity contribution < 1.29 is 18.9 Å². The van der Waals surface area contributed by atoms with Gasteiger partial charge in [-0.1, -0.05) is 84.9 Å². The zero-order valence-electron chi connectivity index (χ0n) is 26.9. The van der Waals surface area contributed by atoms with E-state index in [1.54, 1.807) is 12.5 Å². The topological polar surface area (TPSA) is 36.9 Å². The van der Waals surface area contributed by atoms with Crippen molar-refractivity contribution in [2.45, 2.75) is 53.4 Å². The average Bonchev–Trinajstić information content (AvgIpc) is 3.01. The molecule has 0 saturated heterocycles. The lowest BCUT2D eigenvalue weighted by molar-refractivity contribution is 0.177. The summed E-state index contributed by atoms with van der Waals surface area (Å²) in [5, 5.41) is 0. The van der Waals surface area contributed by atoms with Gasteiger partial charge in [-0.15, -0.1) is 0 Å². The lowest BCUT2D eigenvalue weighted by atomic mass is 9.59. The molecule has 0 atom stereocenters. The Hall–Kier alpha value is -4.44. The molecule has 4 aromatic rings. The number of hydrogen-bond donors (Lipinski definition) is 0. The smallest absolute Gasteiger partial charge is 0.125 e. The Morgan fingerprint density at radius 1 is 0.568 bits per heavy atom. The molecule has 0 bridgehead atoms. The van der Waals surface area contributed by atoms with Crippen molar-refractivity contribution >= 4 is 0 Å². The SMILES string of the molecule is CC=COCCOc1c(C)cc(C2(c3cc(C)c(OCCOC=CC)c(C)c3)c3ccccc3Cc3ccccc32)cc1C. The van der Waals surface area contributed by atoms with Gasteiger partial charge in [0.1, 0.15) is 37.9 Å². The molecule has 0 aliphatic heterocycles. The van der Waals surface area contributed by atoms with Crippen LogP contribution in [0.2, 0.25) is 0 Å². The molecule has 44 heavy (non-hydrogen) atoms. The van der Waals surface area contributed by atoms with Gasteiger partial charge >= 0.3 is 0 Å². The third-order valence-electron chi connectivity index (χ3n) is 8.37. The van der Waals surface area contributed by atoms with E-state index in [0.29, 0.717) is 26.4 Å². The number of aryl methyl sites for hydroxylation is 4. The predicted molar refractivity (Wildman–Crippen MR) is 179 cm³/mol. The number of benzene rings is 4. The molecule has 0 saturated carbocycles. The highest BCUT2D eigenvalue weighted by atomic mass is 16.5. The van der Waals surface area contributed by atoms with E-state index in [4.69, 9.17) is 18.9 Å². The van der Waals surface area contributed by atoms with Crippen LogP contribution in [0.15, 0.2) is 97.5 Å². The third-order valence-corrected chi connectivity index (χ3v) is 8.37. The van der Waals surface area contributed by atoms with E-state index in [2.05, 4.69) is 100 Å². The number of ether oxygens (including phenoxy) is 4. The maximum absolute atomic E-state index is 6.26. The molecular formula is C40H44O4. The first-order valence-electron chi connectivity index (χ1n) is 15.5. The van der Waals surface area contributed by atoms with Gasteiger partial charge in [-0.2, -0.15) is 0 Å². The summed E-state index contributed by atoms with van der Waals surface area (Å²) in [5.74, 6) is 1.84. The van der Waals surface area contributed by atoms with E-state index >= 15 is 0 Å². The van der Waals surface area contributed by atoms with Gasteiger partial charge in [0.05, 0.1) is 17.9 Å². The van der Waals surface area contributed by atoms with Crippen LogP contribution in [0.4, 0.5) is 0 Å². The Kier molecular flexibility index (Phi) is 9.79. The Morgan fingerprint density at radius 3 is 1.34 bits per heavy atom. The highest BCUT2D eigenvalue weighted by Crippen LogP contribution is 2.52. The molecule has 0 N–H and O–H groups in total. The summed E-state index contributed by atoms with van der Waals surface area (Å²) in [7, 11) is 0. The molecule has 0 unspecified atom stereocenters. The number of hydrogen-bond acceptors (Lipinski definition) is 4. The van der Waals surface area contributed by atoms with Gasteiger partial charge in [0, 0.05) is 0 Å². The molecule has 228 valence electrons. The van der Waals surface area contributed by atoms with Crippen LogP contribution < -0.4 is 9.47 Å². The average molecular weight is 589 g/mol. The molecule has 1 aliphatic carbocycles. The lowest BCUT2D eigenvalue weighted by Gasteiger charge is -2.43. The molecular weight excluding hydrogens is 544 g/mol. The zero-order valence-corrected chi connectivity index (χ0v) is 26.9. The van der Waals surface area contributed by atoms with Gasteiger partial charge in [-0.25, -0.2) is 0 Å². The van der Waals surface area contributed by atoms with Crippen molar-refractivity contribution in [2.75, 3.05) is 26.4 Å². The van der Waals surface area contributed by atoms with Crippen molar-refractivity contribution in [3.8, 4) is 11.5 Å². The second kappa shape index (κ2) is 13.9. The first-order chi connectivity index (χ1) is 21.4. The van der Waals surface area contributed by atoms with E-state index < -0.39 is 5.41 Å². The van der Waals surface area contributed by atoms with Crippen LogP contribution in [0.1, 0.15) is 69.5 Å². The Balaban J connectivity index is 1.68. The van der Waals surface area contributed by atoms with Crippen molar-refractivity contribution in [2.24, 2.45) is 0 Å². The van der Waals surface area contributed by atoms with Crippen LogP contribution in [-0.4, -0.2) is 26.4 Å². The minimum atomic E-state index is -0.516. The number of rotatable bonds is 12. The molecule has 4 nitrogen and oxygen atoms in total. The molecule has 5 rings (SSSR count). The summed E-state index contributed by atoms with van der Waals surface area (Å²) >= 11 is 0. The molecule has 1 aliphatic rings. The largest absolute Gasteiger partial charge is 0.498 e. The predicted octanol–water partition coefficient (Wildman–Crippen LogP) is 9.07. The van der Waals surface area contributed by atoms with Gasteiger partial charge in [-0.3, -0.25) is 0 Å². The van der Waals surface area contributed by atoms with Crippen LogP contribution >= 0.6 is 0 Å². The van der Waals surface area contributed by atoms with Crippen LogP contribution in [0.5, 0.6) is 11.5 Å². The maximum Gasteiger partial charge on any atom is 0.125 e. The summed E-state index contributed by atoms with van der Waals surface area (Å²) in [4.78, 5) is 0. The minimum absolute atomic E-state index is 0.488. The third kappa shape index (κ3) is 5.99. The molecule has 0 radical (unpaired) electrons. The van der Waals surface area contributed by atoms with Crippen LogP contribution in [0, 0.1) is 27.7 Å². The second-order valence-corrected chi connectivity index (χ2v) is 11.5. The first-order valence-corrected chi connectivity index (χ1v) is 15.5. The standard InChI is InChI=1S/C40H44O4/c1-7-17-41-19-21-43-38-28(3)23-34(24-29(38)4)40(35-25-30(5)39(31(6)26-35)44-22-20-42-18-8-2)36-15-11-9-13-32(36)27-33-14-10-12-16-37(33)40/h7-18,23-26H,19-22,27H2,1-6H3. The van der Waals surface area contributed by atoms with E-state index in [1.165, 1.54) is 33.4 Å². The fraction of sp³-hybridized carbons (Fsp3) is 0.300. The van der Waals surface area contributed by atoms with E-state index in [-0.39, 0.29) is 0 Å². The minimum Gasteiger partial charge on any atom is -0.498 e. The van der Waals surface area contributed by atoms with Crippen molar-refractivity contribution in [3.63, 3.8) is 0 Å². The Morgan fingerprint density at radius 2 is 0.955 bits per heavy atom. The Labute approximate surface area is 263 Å². The number of allylic oxidation sites excluding steroid dienone is 2. The highest BCUT2D eigenvalue weighted by molar-refractivity contribution is 5.69. The summed E-state index contributed by atoms with van der Waals surface area (Å²) in [6.45, 7) is 14.5. The summed E-state index contributed by atoms with van der Waals surface area (Å²) < 4.78 is 23.5. The van der Waals surface area contributed by atoms with Gasteiger partial charge < -0.3 is 18.9 Å². The highest BCUT2D eigenvalue weighted by Gasteiger charge is 2.44. The summed E-state index contributed by atoms with van der Waals surface area (Å²) in [5.41, 5.74) is 11.7. The van der Waals surface area contributed by atoms with E-state index in [1.807, 2.05) is 26.0 Å². The normalized spacial score (nSPS) is 13.5. The monoisotopic (exact) mass is 588 g/mol. The molecule has 0 fully saturated rings. The number of fused-ring (bicyclic) bond motifs is 2. The molecule has 4 aromatic carbocycles.